The fraction of sp³-hybridized carbons (Fsp3) is 0.571. The largest absolute Gasteiger partial charge is 0.459 e. The molecule has 0 amide bonds. The summed E-state index contributed by atoms with van der Waals surface area (Å²) >= 11 is 0. The molecule has 5 heteroatoms. The molecule has 1 aliphatic carbocycles. The molecule has 0 aliphatic heterocycles. The van der Waals surface area contributed by atoms with E-state index in [9.17, 15) is 9.59 Å². The van der Waals surface area contributed by atoms with Gasteiger partial charge in [0.15, 0.2) is 0 Å². The molecular weight excluding hydrogens is 328 g/mol. The average Bonchev–Trinajstić information content (AvgIpc) is 2.60. The van der Waals surface area contributed by atoms with Gasteiger partial charge in [0.25, 0.3) is 5.56 Å². The minimum atomic E-state index is -0.163. The smallest absolute Gasteiger partial charge is 0.309 e. The van der Waals surface area contributed by atoms with Crippen LogP contribution >= 0.6 is 0 Å². The maximum Gasteiger partial charge on any atom is 0.309 e. The molecule has 0 unspecified atom stereocenters. The summed E-state index contributed by atoms with van der Waals surface area (Å²) in [5, 5.41) is 0. The Morgan fingerprint density at radius 1 is 1.27 bits per heavy atom. The number of carbonyl (C=O) groups is 1. The molecule has 2 aromatic heterocycles. The predicted octanol–water partition coefficient (Wildman–Crippen LogP) is 3.90. The molecule has 0 spiro atoms. The van der Waals surface area contributed by atoms with Crippen LogP contribution in [0.15, 0.2) is 29.2 Å². The summed E-state index contributed by atoms with van der Waals surface area (Å²) in [5.74, 6) is 0.470. The van der Waals surface area contributed by atoms with Gasteiger partial charge in [0.05, 0.1) is 11.6 Å². The van der Waals surface area contributed by atoms with Gasteiger partial charge in [0, 0.05) is 12.3 Å². The Bertz CT molecular complexity index is 856. The Morgan fingerprint density at radius 2 is 1.96 bits per heavy atom. The highest BCUT2D eigenvalue weighted by molar-refractivity contribution is 5.72. The Balaban J connectivity index is 1.63. The molecule has 0 aromatic carbocycles. The number of esters is 1. The third-order valence-electron chi connectivity index (χ3n) is 5.59. The van der Waals surface area contributed by atoms with Gasteiger partial charge >= 0.3 is 5.97 Å². The van der Waals surface area contributed by atoms with Crippen molar-refractivity contribution in [2.75, 3.05) is 0 Å². The normalized spacial score (nSPS) is 20.9. The quantitative estimate of drug-likeness (QED) is 0.783. The van der Waals surface area contributed by atoms with Gasteiger partial charge in [-0.2, -0.15) is 0 Å². The summed E-state index contributed by atoms with van der Waals surface area (Å²) in [5.41, 5.74) is 2.16. The fourth-order valence-corrected chi connectivity index (χ4v) is 3.84. The van der Waals surface area contributed by atoms with E-state index < -0.39 is 0 Å². The van der Waals surface area contributed by atoms with Crippen molar-refractivity contribution in [3.05, 3.63) is 46.0 Å². The van der Waals surface area contributed by atoms with Gasteiger partial charge in [-0.15, -0.1) is 0 Å². The number of pyridine rings is 1. The number of aryl methyl sites for hydroxylation is 1. The Labute approximate surface area is 154 Å². The van der Waals surface area contributed by atoms with Crippen LogP contribution in [0.1, 0.15) is 57.7 Å². The first-order valence-corrected chi connectivity index (χ1v) is 9.40. The lowest BCUT2D eigenvalue weighted by molar-refractivity contribution is -0.151. The minimum absolute atomic E-state index is 0.0307. The third kappa shape index (κ3) is 3.97. The molecule has 140 valence electrons. The van der Waals surface area contributed by atoms with Crippen molar-refractivity contribution in [1.82, 2.24) is 9.38 Å². The van der Waals surface area contributed by atoms with Gasteiger partial charge in [-0.25, -0.2) is 4.98 Å². The number of carbonyl (C=O) groups excluding carboxylic acids is 1. The highest BCUT2D eigenvalue weighted by atomic mass is 16.5. The molecule has 0 saturated heterocycles. The van der Waals surface area contributed by atoms with Crippen molar-refractivity contribution in [3.63, 3.8) is 0 Å². The van der Waals surface area contributed by atoms with Crippen LogP contribution in [0.5, 0.6) is 0 Å². The molecule has 2 heterocycles. The van der Waals surface area contributed by atoms with Crippen molar-refractivity contribution in [3.8, 4) is 0 Å². The average molecular weight is 356 g/mol. The Morgan fingerprint density at radius 3 is 2.62 bits per heavy atom. The van der Waals surface area contributed by atoms with Gasteiger partial charge in [-0.05, 0) is 55.6 Å². The summed E-state index contributed by atoms with van der Waals surface area (Å²) in [6.07, 6.45) is 5.60. The molecule has 0 N–H and O–H groups in total. The zero-order chi connectivity index (χ0) is 18.9. The van der Waals surface area contributed by atoms with E-state index in [1.807, 2.05) is 19.1 Å². The van der Waals surface area contributed by atoms with E-state index in [4.69, 9.17) is 4.74 Å². The molecule has 26 heavy (non-hydrogen) atoms. The van der Waals surface area contributed by atoms with E-state index in [-0.39, 0.29) is 24.1 Å². The second kappa shape index (κ2) is 7.22. The van der Waals surface area contributed by atoms with E-state index in [0.717, 1.165) is 31.2 Å². The molecule has 0 bridgehead atoms. The van der Waals surface area contributed by atoms with E-state index in [0.29, 0.717) is 22.7 Å². The number of hydrogen-bond acceptors (Lipinski definition) is 4. The van der Waals surface area contributed by atoms with Gasteiger partial charge in [-0.3, -0.25) is 14.0 Å². The highest BCUT2D eigenvalue weighted by Gasteiger charge is 2.33. The molecule has 5 nitrogen and oxygen atoms in total. The van der Waals surface area contributed by atoms with Crippen LogP contribution in [0.2, 0.25) is 0 Å². The zero-order valence-electron chi connectivity index (χ0n) is 16.1. The first-order valence-electron chi connectivity index (χ1n) is 9.40. The number of aromatic nitrogens is 2. The number of ether oxygens (including phenoxy) is 1. The summed E-state index contributed by atoms with van der Waals surface area (Å²) in [6, 6.07) is 5.17. The standard InChI is InChI=1S/C21H28N2O3/c1-14-6-5-11-23-18(24)12-17(22-19(14)23)13-26-20(25)15-7-9-16(10-8-15)21(2,3)4/h5-6,11-12,15-16H,7-10,13H2,1-4H3. The molecule has 1 aliphatic rings. The van der Waals surface area contributed by atoms with Gasteiger partial charge in [0.2, 0.25) is 0 Å². The van der Waals surface area contributed by atoms with Crippen LogP contribution in [0.3, 0.4) is 0 Å². The van der Waals surface area contributed by atoms with E-state index >= 15 is 0 Å². The van der Waals surface area contributed by atoms with E-state index in [1.165, 1.54) is 10.5 Å². The molecule has 0 radical (unpaired) electrons. The van der Waals surface area contributed by atoms with Crippen LogP contribution < -0.4 is 5.56 Å². The lowest BCUT2D eigenvalue weighted by Crippen LogP contribution is -2.29. The maximum atomic E-state index is 12.4. The predicted molar refractivity (Wildman–Crippen MR) is 101 cm³/mol. The van der Waals surface area contributed by atoms with Crippen LogP contribution in [0.25, 0.3) is 5.65 Å². The number of hydrogen-bond donors (Lipinski definition) is 0. The molecule has 2 aromatic rings. The van der Waals surface area contributed by atoms with Crippen LogP contribution in [0, 0.1) is 24.2 Å². The van der Waals surface area contributed by atoms with Gasteiger partial charge in [-0.1, -0.05) is 26.8 Å². The summed E-state index contributed by atoms with van der Waals surface area (Å²) in [7, 11) is 0. The molecule has 1 fully saturated rings. The van der Waals surface area contributed by atoms with Crippen LogP contribution in [-0.4, -0.2) is 15.4 Å². The Kier molecular flexibility index (Phi) is 5.17. The summed E-state index contributed by atoms with van der Waals surface area (Å²) < 4.78 is 6.99. The summed E-state index contributed by atoms with van der Waals surface area (Å²) in [6.45, 7) is 8.76. The van der Waals surface area contributed by atoms with Crippen LogP contribution in [-0.2, 0) is 16.1 Å². The van der Waals surface area contributed by atoms with Crippen molar-refractivity contribution in [2.45, 2.75) is 60.0 Å². The van der Waals surface area contributed by atoms with Crippen LogP contribution in [0.4, 0.5) is 0 Å². The lowest BCUT2D eigenvalue weighted by atomic mass is 9.70. The van der Waals surface area contributed by atoms with E-state index in [2.05, 4.69) is 25.8 Å². The zero-order valence-corrected chi connectivity index (χ0v) is 16.1. The number of fused-ring (bicyclic) bond motifs is 1. The van der Waals surface area contributed by atoms with E-state index in [1.54, 1.807) is 6.20 Å². The number of rotatable bonds is 3. The molecular formula is C21H28N2O3. The SMILES string of the molecule is Cc1cccn2c(=O)cc(COC(=O)C3CCC(C(C)(C)C)CC3)nc12. The number of nitrogens with zero attached hydrogens (tertiary/aromatic N) is 2. The minimum Gasteiger partial charge on any atom is -0.459 e. The lowest BCUT2D eigenvalue weighted by Gasteiger charge is -2.36. The van der Waals surface area contributed by atoms with Crippen molar-refractivity contribution >= 4 is 11.6 Å². The first kappa shape index (κ1) is 18.6. The van der Waals surface area contributed by atoms with Gasteiger partial charge in [0.1, 0.15) is 12.3 Å². The maximum absolute atomic E-state index is 12.4. The highest BCUT2D eigenvalue weighted by Crippen LogP contribution is 2.40. The molecule has 1 saturated carbocycles. The van der Waals surface area contributed by atoms with Crippen molar-refractivity contribution in [1.29, 1.82) is 0 Å². The summed E-state index contributed by atoms with van der Waals surface area (Å²) in [4.78, 5) is 29.1. The third-order valence-corrected chi connectivity index (χ3v) is 5.59. The topological polar surface area (TPSA) is 60.7 Å². The van der Waals surface area contributed by atoms with Crippen molar-refractivity contribution in [2.24, 2.45) is 17.3 Å². The van der Waals surface area contributed by atoms with Gasteiger partial charge < -0.3 is 4.74 Å². The fourth-order valence-electron chi connectivity index (χ4n) is 3.84. The first-order chi connectivity index (χ1) is 12.3. The molecule has 3 rings (SSSR count). The van der Waals surface area contributed by atoms with Crippen molar-refractivity contribution < 1.29 is 9.53 Å². The monoisotopic (exact) mass is 356 g/mol. The Hall–Kier alpha value is -2.17. The second-order valence-electron chi connectivity index (χ2n) is 8.49. The second-order valence-corrected chi connectivity index (χ2v) is 8.49. The molecule has 0 atom stereocenters.